The normalized spacial score (nSPS) is 15.4. The minimum Gasteiger partial charge on any atom is -0.474 e. The van der Waals surface area contributed by atoms with Crippen LogP contribution in [0.25, 0.3) is 0 Å². The molecule has 1 N–H and O–H groups in total. The highest BCUT2D eigenvalue weighted by Gasteiger charge is 2.34. The summed E-state index contributed by atoms with van der Waals surface area (Å²) in [6.45, 7) is 1.20. The van der Waals surface area contributed by atoms with Crippen molar-refractivity contribution < 1.29 is 35.9 Å². The number of hydrogen-bond donors (Lipinski definition) is 1. The molecule has 15 heteroatoms. The third-order valence-electron chi connectivity index (χ3n) is 5.70. The number of nitrogens with zero attached hydrogens (tertiary/aromatic N) is 5. The summed E-state index contributed by atoms with van der Waals surface area (Å²) in [5.74, 6) is -0.242. The highest BCUT2D eigenvalue weighted by molar-refractivity contribution is 7.06. The zero-order chi connectivity index (χ0) is 27.5. The maximum atomic E-state index is 13.0. The Hall–Kier alpha value is -3.33. The van der Waals surface area contributed by atoms with Crippen molar-refractivity contribution in [3.63, 3.8) is 0 Å². The van der Waals surface area contributed by atoms with E-state index >= 15 is 0 Å². The van der Waals surface area contributed by atoms with Crippen molar-refractivity contribution in [1.82, 2.24) is 24.2 Å². The molecule has 3 aromatic heterocycles. The van der Waals surface area contributed by atoms with E-state index < -0.39 is 30.5 Å². The maximum Gasteiger partial charge on any atom is 0.434 e. The smallest absolute Gasteiger partial charge is 0.434 e. The van der Waals surface area contributed by atoms with E-state index in [0.29, 0.717) is 35.3 Å². The third kappa shape index (κ3) is 7.37. The molecule has 0 aromatic carbocycles. The van der Waals surface area contributed by atoms with Crippen LogP contribution in [0.3, 0.4) is 0 Å². The van der Waals surface area contributed by atoms with Crippen LogP contribution in [0, 0.1) is 6.92 Å². The Morgan fingerprint density at radius 1 is 1.13 bits per heavy atom. The number of carbonyl (C=O) groups excluding carboxylic acids is 1. The van der Waals surface area contributed by atoms with Crippen molar-refractivity contribution in [2.75, 3.05) is 25.0 Å². The van der Waals surface area contributed by atoms with Crippen LogP contribution in [-0.4, -0.2) is 62.0 Å². The van der Waals surface area contributed by atoms with Crippen LogP contribution in [0.1, 0.15) is 45.2 Å². The minimum atomic E-state index is -4.64. The highest BCUT2D eigenvalue weighted by atomic mass is 32.1. The molecule has 0 aliphatic carbocycles. The summed E-state index contributed by atoms with van der Waals surface area (Å²) in [5, 5.41) is 2.69. The van der Waals surface area contributed by atoms with Gasteiger partial charge in [-0.15, -0.1) is 0 Å². The van der Waals surface area contributed by atoms with E-state index in [1.54, 1.807) is 13.0 Å². The molecular weight excluding hydrogens is 538 g/mol. The first kappa shape index (κ1) is 27.7. The van der Waals surface area contributed by atoms with E-state index in [1.165, 1.54) is 23.4 Å². The molecule has 0 unspecified atom stereocenters. The minimum absolute atomic E-state index is 0.0462. The number of alkyl halides is 6. The van der Waals surface area contributed by atoms with Gasteiger partial charge >= 0.3 is 12.4 Å². The van der Waals surface area contributed by atoms with Crippen LogP contribution in [0.4, 0.5) is 32.0 Å². The van der Waals surface area contributed by atoms with Crippen LogP contribution in [0.2, 0.25) is 0 Å². The number of anilines is 1. The van der Waals surface area contributed by atoms with Crippen LogP contribution in [0.15, 0.2) is 30.7 Å². The number of piperidine rings is 1. The van der Waals surface area contributed by atoms with E-state index in [9.17, 15) is 31.1 Å². The molecular formula is C23H22F6N6O2S. The van der Waals surface area contributed by atoms with Gasteiger partial charge in [-0.25, -0.2) is 9.97 Å². The average molecular weight is 561 g/mol. The van der Waals surface area contributed by atoms with E-state index in [-0.39, 0.29) is 42.8 Å². The number of hydrogen-bond acceptors (Lipinski definition) is 8. The van der Waals surface area contributed by atoms with E-state index in [1.807, 2.05) is 0 Å². The first-order valence-corrected chi connectivity index (χ1v) is 12.2. The maximum absolute atomic E-state index is 13.0. The van der Waals surface area contributed by atoms with Crippen LogP contribution in [-0.2, 0) is 12.6 Å². The average Bonchev–Trinajstić information content (AvgIpc) is 3.20. The number of aryl methyl sites for hydroxylation is 1. The van der Waals surface area contributed by atoms with Gasteiger partial charge < -0.3 is 10.1 Å². The second kappa shape index (κ2) is 11.2. The Labute approximate surface area is 217 Å². The lowest BCUT2D eigenvalue weighted by molar-refractivity contribution is -0.149. The van der Waals surface area contributed by atoms with Gasteiger partial charge in [0.15, 0.2) is 5.69 Å². The molecule has 0 bridgehead atoms. The van der Waals surface area contributed by atoms with Crippen molar-refractivity contribution in [3.05, 3.63) is 58.2 Å². The number of likely N-dealkylation sites (tertiary alicyclic amines) is 1. The first-order valence-electron chi connectivity index (χ1n) is 11.4. The summed E-state index contributed by atoms with van der Waals surface area (Å²) >= 11 is 0.987. The van der Waals surface area contributed by atoms with Gasteiger partial charge in [0, 0.05) is 36.7 Å². The summed E-state index contributed by atoms with van der Waals surface area (Å²) in [5.41, 5.74) is -0.0995. The topological polar surface area (TPSA) is 93.1 Å². The van der Waals surface area contributed by atoms with Crippen molar-refractivity contribution in [2.45, 2.75) is 44.6 Å². The lowest BCUT2D eigenvalue weighted by atomic mass is 10.1. The van der Waals surface area contributed by atoms with Gasteiger partial charge in [0.1, 0.15) is 6.10 Å². The number of amides is 1. The Bertz CT molecular complexity index is 1260. The molecule has 1 amide bonds. The molecule has 38 heavy (non-hydrogen) atoms. The van der Waals surface area contributed by atoms with E-state index in [4.69, 9.17) is 4.74 Å². The van der Waals surface area contributed by atoms with Gasteiger partial charge in [0.25, 0.3) is 5.91 Å². The number of ether oxygens (including phenoxy) is 1. The van der Waals surface area contributed by atoms with Gasteiger partial charge in [-0.3, -0.25) is 14.7 Å². The number of pyridine rings is 1. The molecule has 1 saturated heterocycles. The summed E-state index contributed by atoms with van der Waals surface area (Å²) in [7, 11) is 0. The van der Waals surface area contributed by atoms with E-state index in [0.717, 1.165) is 11.5 Å². The Balaban J connectivity index is 1.35. The Morgan fingerprint density at radius 3 is 2.50 bits per heavy atom. The van der Waals surface area contributed by atoms with E-state index in [2.05, 4.69) is 24.6 Å². The monoisotopic (exact) mass is 560 g/mol. The van der Waals surface area contributed by atoms with Gasteiger partial charge in [0.2, 0.25) is 5.88 Å². The molecule has 4 heterocycles. The second-order valence-electron chi connectivity index (χ2n) is 8.68. The predicted molar refractivity (Wildman–Crippen MR) is 125 cm³/mol. The Kier molecular flexibility index (Phi) is 8.16. The summed E-state index contributed by atoms with van der Waals surface area (Å²) in [6, 6.07) is 3.10. The Morgan fingerprint density at radius 2 is 1.87 bits per heavy atom. The number of halogens is 6. The molecule has 0 radical (unpaired) electrons. The summed E-state index contributed by atoms with van der Waals surface area (Å²) in [4.78, 5) is 26.1. The zero-order valence-corrected chi connectivity index (χ0v) is 20.8. The second-order valence-corrected chi connectivity index (χ2v) is 9.54. The standard InChI is InChI=1S/C23H22F6N6O2S/c1-13-20(17(38-34-13)8-15-9-30-11-18(32-15)23(27,28)29)21(36)33-14-2-3-19(31-10-14)37-16-4-6-35(7-5-16)12-22(24,25)26/h2-3,9-11,16H,4-8,12H2,1H3,(H,33,36). The van der Waals surface area contributed by atoms with Gasteiger partial charge in [-0.1, -0.05) is 0 Å². The molecule has 3 aromatic rings. The molecule has 0 atom stereocenters. The molecule has 1 fully saturated rings. The molecule has 204 valence electrons. The molecule has 0 spiro atoms. The molecule has 4 rings (SSSR count). The van der Waals surface area contributed by atoms with Crippen LogP contribution >= 0.6 is 11.5 Å². The fourth-order valence-electron chi connectivity index (χ4n) is 3.95. The third-order valence-corrected chi connectivity index (χ3v) is 6.63. The van der Waals surface area contributed by atoms with Crippen molar-refractivity contribution in [1.29, 1.82) is 0 Å². The number of nitrogens with one attached hydrogen (secondary N) is 1. The fourth-order valence-corrected chi connectivity index (χ4v) is 4.83. The van der Waals surface area contributed by atoms with Gasteiger partial charge in [0.05, 0.1) is 41.6 Å². The fraction of sp³-hybridized carbons (Fsp3) is 0.435. The molecule has 1 aliphatic rings. The molecule has 1 aliphatic heterocycles. The highest BCUT2D eigenvalue weighted by Crippen LogP contribution is 2.28. The lowest BCUT2D eigenvalue weighted by Crippen LogP contribution is -2.42. The first-order chi connectivity index (χ1) is 17.9. The molecule has 8 nitrogen and oxygen atoms in total. The summed E-state index contributed by atoms with van der Waals surface area (Å²) < 4.78 is 86.4. The van der Waals surface area contributed by atoms with Crippen molar-refractivity contribution >= 4 is 23.1 Å². The predicted octanol–water partition coefficient (Wildman–Crippen LogP) is 4.90. The number of rotatable bonds is 7. The van der Waals surface area contributed by atoms with Gasteiger partial charge in [-0.2, -0.15) is 30.7 Å². The number of aromatic nitrogens is 4. The zero-order valence-electron chi connectivity index (χ0n) is 19.9. The van der Waals surface area contributed by atoms with Crippen molar-refractivity contribution in [2.24, 2.45) is 0 Å². The lowest BCUT2D eigenvalue weighted by Gasteiger charge is -2.32. The summed E-state index contributed by atoms with van der Waals surface area (Å²) in [6.07, 6.45) is -5.13. The van der Waals surface area contributed by atoms with Crippen molar-refractivity contribution in [3.8, 4) is 5.88 Å². The quantitative estimate of drug-likeness (QED) is 0.411. The molecule has 0 saturated carbocycles. The van der Waals surface area contributed by atoms with Gasteiger partial charge in [-0.05, 0) is 37.4 Å². The number of carbonyl (C=O) groups is 1. The van der Waals surface area contributed by atoms with Crippen LogP contribution < -0.4 is 10.1 Å². The largest absolute Gasteiger partial charge is 0.474 e. The SMILES string of the molecule is Cc1nsc(Cc2cncc(C(F)(F)F)n2)c1C(=O)Nc1ccc(OC2CCN(CC(F)(F)F)CC2)nc1. The van der Waals surface area contributed by atoms with Crippen LogP contribution in [0.5, 0.6) is 5.88 Å².